The van der Waals surface area contributed by atoms with Crippen molar-refractivity contribution in [3.8, 4) is 28.4 Å². The summed E-state index contributed by atoms with van der Waals surface area (Å²) in [7, 11) is 3.22. The number of rotatable bonds is 5. The smallest absolute Gasteiger partial charge is 0.246 e. The SMILES string of the molecule is COc1ccc(/C=C/C(=O)N2CCC3(C=Cc4cc(-c5ccccc5)ccc4O3)CC2)c(OC)c1. The number of carbonyl (C=O) groups excluding carboxylic acids is 1. The molecule has 2 heterocycles. The fourth-order valence-electron chi connectivity index (χ4n) is 4.67. The van der Waals surface area contributed by atoms with Crippen molar-refractivity contribution in [2.24, 2.45) is 0 Å². The number of carbonyl (C=O) groups is 1. The molecule has 2 aliphatic heterocycles. The van der Waals surface area contributed by atoms with Crippen molar-refractivity contribution >= 4 is 18.1 Å². The number of amides is 1. The Bertz CT molecular complexity index is 1270. The molecule has 178 valence electrons. The number of benzene rings is 3. The second-order valence-electron chi connectivity index (χ2n) is 8.89. The van der Waals surface area contributed by atoms with Crippen molar-refractivity contribution in [3.05, 3.63) is 90.0 Å². The lowest BCUT2D eigenvalue weighted by molar-refractivity contribution is -0.128. The van der Waals surface area contributed by atoms with Crippen LogP contribution in [0.2, 0.25) is 0 Å². The van der Waals surface area contributed by atoms with Crippen LogP contribution in [0.15, 0.2) is 78.9 Å². The number of fused-ring (bicyclic) bond motifs is 1. The van der Waals surface area contributed by atoms with Gasteiger partial charge >= 0.3 is 0 Å². The van der Waals surface area contributed by atoms with Gasteiger partial charge in [0.25, 0.3) is 0 Å². The summed E-state index contributed by atoms with van der Waals surface area (Å²) in [5, 5.41) is 0. The number of likely N-dealkylation sites (tertiary alicyclic amines) is 1. The van der Waals surface area contributed by atoms with E-state index in [0.29, 0.717) is 24.6 Å². The van der Waals surface area contributed by atoms with Crippen molar-refractivity contribution in [1.29, 1.82) is 0 Å². The predicted octanol–water partition coefficient (Wildman–Crippen LogP) is 5.85. The zero-order valence-electron chi connectivity index (χ0n) is 20.1. The van der Waals surface area contributed by atoms with Gasteiger partial charge in [-0.15, -0.1) is 0 Å². The molecule has 2 aliphatic rings. The van der Waals surface area contributed by atoms with E-state index in [-0.39, 0.29) is 11.5 Å². The van der Waals surface area contributed by atoms with E-state index in [2.05, 4.69) is 42.5 Å². The number of ether oxygens (including phenoxy) is 3. The highest BCUT2D eigenvalue weighted by Crippen LogP contribution is 2.39. The quantitative estimate of drug-likeness (QED) is 0.442. The molecule has 0 atom stereocenters. The number of methoxy groups -OCH3 is 2. The number of hydrogen-bond acceptors (Lipinski definition) is 4. The molecule has 1 fully saturated rings. The Morgan fingerprint density at radius 3 is 2.49 bits per heavy atom. The molecule has 1 amide bonds. The topological polar surface area (TPSA) is 48.0 Å². The van der Waals surface area contributed by atoms with Crippen molar-refractivity contribution in [3.63, 3.8) is 0 Å². The second-order valence-corrected chi connectivity index (χ2v) is 8.89. The van der Waals surface area contributed by atoms with Gasteiger partial charge < -0.3 is 19.1 Å². The molecule has 0 unspecified atom stereocenters. The number of nitrogens with zero attached hydrogens (tertiary/aromatic N) is 1. The summed E-state index contributed by atoms with van der Waals surface area (Å²) in [5.41, 5.74) is 3.93. The first-order valence-corrected chi connectivity index (χ1v) is 11.9. The molecule has 0 N–H and O–H groups in total. The highest BCUT2D eigenvalue weighted by atomic mass is 16.5. The first kappa shape index (κ1) is 22.8. The Hall–Kier alpha value is -3.99. The molecule has 1 saturated heterocycles. The standard InChI is InChI=1S/C30H29NO4/c1-33-26-11-8-23(28(21-26)34-2)10-13-29(32)31-18-16-30(17-19-31)15-14-25-20-24(9-12-27(25)35-30)22-6-4-3-5-7-22/h3-15,20-21H,16-19H2,1-2H3/b13-10+. The summed E-state index contributed by atoms with van der Waals surface area (Å²) in [6.45, 7) is 1.29. The zero-order chi connectivity index (χ0) is 24.3. The van der Waals surface area contributed by atoms with Crippen LogP contribution in [0.4, 0.5) is 0 Å². The van der Waals surface area contributed by atoms with Gasteiger partial charge in [-0.1, -0.05) is 42.5 Å². The minimum Gasteiger partial charge on any atom is -0.497 e. The first-order valence-electron chi connectivity index (χ1n) is 11.9. The second kappa shape index (κ2) is 9.71. The van der Waals surface area contributed by atoms with E-state index >= 15 is 0 Å². The molecular weight excluding hydrogens is 438 g/mol. The highest BCUT2D eigenvalue weighted by molar-refractivity contribution is 5.92. The molecule has 1 spiro atoms. The van der Waals surface area contributed by atoms with Gasteiger partial charge in [-0.05, 0) is 47.5 Å². The Morgan fingerprint density at radius 1 is 0.943 bits per heavy atom. The third-order valence-electron chi connectivity index (χ3n) is 6.76. The van der Waals surface area contributed by atoms with E-state index < -0.39 is 0 Å². The minimum absolute atomic E-state index is 0.00888. The molecule has 3 aromatic rings. The molecule has 0 saturated carbocycles. The number of piperidine rings is 1. The Morgan fingerprint density at radius 2 is 1.74 bits per heavy atom. The van der Waals surface area contributed by atoms with Gasteiger partial charge in [-0.3, -0.25) is 4.79 Å². The lowest BCUT2D eigenvalue weighted by Crippen LogP contribution is -2.49. The van der Waals surface area contributed by atoms with Gasteiger partial charge in [0.1, 0.15) is 22.8 Å². The molecule has 0 radical (unpaired) electrons. The van der Waals surface area contributed by atoms with Crippen molar-refractivity contribution in [1.82, 2.24) is 4.90 Å². The third kappa shape index (κ3) is 4.80. The van der Waals surface area contributed by atoms with E-state index in [1.54, 1.807) is 26.4 Å². The molecule has 5 heteroatoms. The van der Waals surface area contributed by atoms with Gasteiger partial charge in [0, 0.05) is 49.2 Å². The van der Waals surface area contributed by atoms with Crippen LogP contribution < -0.4 is 14.2 Å². The van der Waals surface area contributed by atoms with Crippen molar-refractivity contribution < 1.29 is 19.0 Å². The van der Waals surface area contributed by atoms with E-state index in [1.165, 1.54) is 11.1 Å². The van der Waals surface area contributed by atoms with Crippen LogP contribution in [0, 0.1) is 0 Å². The zero-order valence-corrected chi connectivity index (χ0v) is 20.1. The minimum atomic E-state index is -0.360. The van der Waals surface area contributed by atoms with Crippen LogP contribution >= 0.6 is 0 Å². The fraction of sp³-hybridized carbons (Fsp3) is 0.233. The average molecular weight is 468 g/mol. The summed E-state index contributed by atoms with van der Waals surface area (Å²) in [5.74, 6) is 2.27. The molecule has 5 nitrogen and oxygen atoms in total. The maximum absolute atomic E-state index is 12.9. The van der Waals surface area contributed by atoms with E-state index in [1.807, 2.05) is 41.3 Å². The largest absolute Gasteiger partial charge is 0.497 e. The summed E-state index contributed by atoms with van der Waals surface area (Å²) < 4.78 is 17.1. The summed E-state index contributed by atoms with van der Waals surface area (Å²) in [6, 6.07) is 22.2. The van der Waals surface area contributed by atoms with E-state index in [4.69, 9.17) is 14.2 Å². The van der Waals surface area contributed by atoms with Gasteiger partial charge in [-0.2, -0.15) is 0 Å². The Kier molecular flexibility index (Phi) is 6.32. The van der Waals surface area contributed by atoms with Crippen LogP contribution in [0.3, 0.4) is 0 Å². The van der Waals surface area contributed by atoms with Gasteiger partial charge in [0.15, 0.2) is 0 Å². The normalized spacial score (nSPS) is 16.1. The van der Waals surface area contributed by atoms with Crippen LogP contribution in [-0.2, 0) is 4.79 Å². The summed E-state index contributed by atoms with van der Waals surface area (Å²) >= 11 is 0. The molecule has 0 aliphatic carbocycles. The molecular formula is C30H29NO4. The average Bonchev–Trinajstić information content (AvgIpc) is 2.92. The highest BCUT2D eigenvalue weighted by Gasteiger charge is 2.37. The van der Waals surface area contributed by atoms with Crippen LogP contribution in [0.1, 0.15) is 24.0 Å². The Labute approximate surface area is 206 Å². The number of hydrogen-bond donors (Lipinski definition) is 0. The van der Waals surface area contributed by atoms with Crippen LogP contribution in [0.5, 0.6) is 17.2 Å². The molecule has 0 aromatic heterocycles. The molecule has 3 aromatic carbocycles. The molecule has 5 rings (SSSR count). The first-order chi connectivity index (χ1) is 17.1. The lowest BCUT2D eigenvalue weighted by Gasteiger charge is -2.41. The van der Waals surface area contributed by atoms with Crippen molar-refractivity contribution in [2.75, 3.05) is 27.3 Å². The van der Waals surface area contributed by atoms with Crippen LogP contribution in [0.25, 0.3) is 23.3 Å². The Balaban J connectivity index is 1.23. The van der Waals surface area contributed by atoms with Crippen molar-refractivity contribution in [2.45, 2.75) is 18.4 Å². The van der Waals surface area contributed by atoms with Crippen LogP contribution in [-0.4, -0.2) is 43.7 Å². The maximum Gasteiger partial charge on any atom is 0.246 e. The fourth-order valence-corrected chi connectivity index (χ4v) is 4.67. The summed E-state index contributed by atoms with van der Waals surface area (Å²) in [6.07, 6.45) is 9.26. The van der Waals surface area contributed by atoms with E-state index in [0.717, 1.165) is 29.7 Å². The van der Waals surface area contributed by atoms with Gasteiger partial charge in [-0.25, -0.2) is 0 Å². The molecule has 35 heavy (non-hydrogen) atoms. The monoisotopic (exact) mass is 467 g/mol. The van der Waals surface area contributed by atoms with Gasteiger partial charge in [0.05, 0.1) is 14.2 Å². The summed E-state index contributed by atoms with van der Waals surface area (Å²) in [4.78, 5) is 14.7. The predicted molar refractivity (Wildman–Crippen MR) is 139 cm³/mol. The lowest BCUT2D eigenvalue weighted by atomic mass is 9.87. The molecule has 0 bridgehead atoms. The van der Waals surface area contributed by atoms with E-state index in [9.17, 15) is 4.79 Å². The maximum atomic E-state index is 12.9. The van der Waals surface area contributed by atoms with Gasteiger partial charge in [0.2, 0.25) is 5.91 Å². The third-order valence-corrected chi connectivity index (χ3v) is 6.76.